The Hall–Kier alpha value is -3.38. The summed E-state index contributed by atoms with van der Waals surface area (Å²) in [6.07, 6.45) is 1.52. The lowest BCUT2D eigenvalue weighted by Crippen LogP contribution is -2.49. The number of nitrogens with zero attached hydrogens (tertiary/aromatic N) is 3. The zero-order chi connectivity index (χ0) is 22.6. The predicted octanol–water partition coefficient (Wildman–Crippen LogP) is 3.69. The molecule has 2 amide bonds. The molecule has 2 heterocycles. The first-order chi connectivity index (χ1) is 16.2. The van der Waals surface area contributed by atoms with Gasteiger partial charge in [-0.1, -0.05) is 42.5 Å². The van der Waals surface area contributed by atoms with Crippen LogP contribution in [-0.2, 0) is 16.1 Å². The number of amides is 2. The predicted molar refractivity (Wildman–Crippen MR) is 129 cm³/mol. The number of rotatable bonds is 6. The van der Waals surface area contributed by atoms with Crippen LogP contribution >= 0.6 is 0 Å². The van der Waals surface area contributed by atoms with Crippen LogP contribution in [0.5, 0.6) is 5.75 Å². The summed E-state index contributed by atoms with van der Waals surface area (Å²) in [4.78, 5) is 30.6. The standard InChI is InChI=1S/C27H29N3O3/c31-26-9-4-14-30(26)23-10-12-24(13-11-23)33-20-27(32)29-17-15-28(16-18-29)19-22-7-3-6-21-5-1-2-8-25(21)22/h1-3,5-8,10-13H,4,9,14-20H2. The second-order valence-electron chi connectivity index (χ2n) is 8.73. The number of carbonyl (C=O) groups is 2. The molecule has 2 saturated heterocycles. The Kier molecular flexibility index (Phi) is 6.26. The van der Waals surface area contributed by atoms with E-state index in [1.54, 1.807) is 4.90 Å². The summed E-state index contributed by atoms with van der Waals surface area (Å²) >= 11 is 0. The minimum Gasteiger partial charge on any atom is -0.484 e. The Bertz CT molecular complexity index is 1130. The Morgan fingerprint density at radius 3 is 2.36 bits per heavy atom. The maximum atomic E-state index is 12.7. The maximum Gasteiger partial charge on any atom is 0.260 e. The average Bonchev–Trinajstić information content (AvgIpc) is 3.29. The molecule has 2 fully saturated rings. The number of anilines is 1. The van der Waals surface area contributed by atoms with Crippen LogP contribution in [0.25, 0.3) is 10.8 Å². The van der Waals surface area contributed by atoms with Crippen LogP contribution in [0.15, 0.2) is 66.7 Å². The van der Waals surface area contributed by atoms with Crippen molar-refractivity contribution < 1.29 is 14.3 Å². The van der Waals surface area contributed by atoms with E-state index in [1.807, 2.05) is 29.2 Å². The monoisotopic (exact) mass is 443 g/mol. The number of ether oxygens (including phenoxy) is 1. The van der Waals surface area contributed by atoms with Gasteiger partial charge in [0.2, 0.25) is 5.91 Å². The summed E-state index contributed by atoms with van der Waals surface area (Å²) in [5.41, 5.74) is 2.22. The van der Waals surface area contributed by atoms with Gasteiger partial charge in [0.15, 0.2) is 6.61 Å². The zero-order valence-electron chi connectivity index (χ0n) is 18.8. The minimum absolute atomic E-state index is 0.0126. The molecule has 0 saturated carbocycles. The first kappa shape index (κ1) is 21.5. The molecule has 0 bridgehead atoms. The molecular formula is C27H29N3O3. The SMILES string of the molecule is O=C(COc1ccc(N2CCCC2=O)cc1)N1CCN(Cc2cccc3ccccc23)CC1. The van der Waals surface area contributed by atoms with E-state index < -0.39 is 0 Å². The Balaban J connectivity index is 1.10. The topological polar surface area (TPSA) is 53.1 Å². The molecule has 0 aliphatic carbocycles. The lowest BCUT2D eigenvalue weighted by atomic mass is 10.0. The molecule has 170 valence electrons. The highest BCUT2D eigenvalue weighted by Gasteiger charge is 2.23. The van der Waals surface area contributed by atoms with Gasteiger partial charge in [-0.25, -0.2) is 0 Å². The Labute approximate surface area is 194 Å². The molecule has 3 aromatic carbocycles. The summed E-state index contributed by atoms with van der Waals surface area (Å²) in [6, 6.07) is 22.4. The van der Waals surface area contributed by atoms with E-state index in [4.69, 9.17) is 4.74 Å². The Morgan fingerprint density at radius 1 is 0.848 bits per heavy atom. The second kappa shape index (κ2) is 9.63. The molecule has 33 heavy (non-hydrogen) atoms. The summed E-state index contributed by atoms with van der Waals surface area (Å²) in [7, 11) is 0. The van der Waals surface area contributed by atoms with E-state index in [9.17, 15) is 9.59 Å². The maximum absolute atomic E-state index is 12.7. The summed E-state index contributed by atoms with van der Waals surface area (Å²) in [5.74, 6) is 0.824. The van der Waals surface area contributed by atoms with Gasteiger partial charge in [-0.3, -0.25) is 14.5 Å². The third kappa shape index (κ3) is 4.86. The van der Waals surface area contributed by atoms with E-state index in [1.165, 1.54) is 16.3 Å². The van der Waals surface area contributed by atoms with Crippen molar-refractivity contribution in [3.63, 3.8) is 0 Å². The van der Waals surface area contributed by atoms with Gasteiger partial charge in [-0.2, -0.15) is 0 Å². The lowest BCUT2D eigenvalue weighted by Gasteiger charge is -2.34. The smallest absolute Gasteiger partial charge is 0.260 e. The first-order valence-electron chi connectivity index (χ1n) is 11.7. The van der Waals surface area contributed by atoms with Gasteiger partial charge in [0.05, 0.1) is 0 Å². The van der Waals surface area contributed by atoms with Crippen LogP contribution in [0.3, 0.4) is 0 Å². The van der Waals surface area contributed by atoms with E-state index in [-0.39, 0.29) is 18.4 Å². The lowest BCUT2D eigenvalue weighted by molar-refractivity contribution is -0.135. The van der Waals surface area contributed by atoms with Gasteiger partial charge in [0, 0.05) is 51.4 Å². The van der Waals surface area contributed by atoms with E-state index in [0.717, 1.165) is 38.3 Å². The van der Waals surface area contributed by atoms with E-state index >= 15 is 0 Å². The molecule has 0 radical (unpaired) electrons. The number of hydrogen-bond acceptors (Lipinski definition) is 4. The first-order valence-corrected chi connectivity index (χ1v) is 11.7. The van der Waals surface area contributed by atoms with Crippen molar-refractivity contribution in [2.45, 2.75) is 19.4 Å². The van der Waals surface area contributed by atoms with E-state index in [0.29, 0.717) is 25.3 Å². The minimum atomic E-state index is 0.0126. The number of hydrogen-bond donors (Lipinski definition) is 0. The molecule has 0 spiro atoms. The third-order valence-electron chi connectivity index (χ3n) is 6.58. The molecular weight excluding hydrogens is 414 g/mol. The molecule has 0 aromatic heterocycles. The van der Waals surface area contributed by atoms with Crippen LogP contribution < -0.4 is 9.64 Å². The van der Waals surface area contributed by atoms with Crippen LogP contribution in [0.2, 0.25) is 0 Å². The third-order valence-corrected chi connectivity index (χ3v) is 6.58. The molecule has 5 rings (SSSR count). The van der Waals surface area contributed by atoms with Gasteiger partial charge in [-0.15, -0.1) is 0 Å². The molecule has 0 atom stereocenters. The number of carbonyl (C=O) groups excluding carboxylic acids is 2. The number of benzene rings is 3. The fourth-order valence-corrected chi connectivity index (χ4v) is 4.71. The molecule has 6 heteroatoms. The molecule has 3 aromatic rings. The average molecular weight is 444 g/mol. The molecule has 2 aliphatic rings. The van der Waals surface area contributed by atoms with Gasteiger partial charge in [0.1, 0.15) is 5.75 Å². The molecule has 0 unspecified atom stereocenters. The van der Waals surface area contributed by atoms with Crippen molar-refractivity contribution in [1.29, 1.82) is 0 Å². The summed E-state index contributed by atoms with van der Waals surface area (Å²) in [6.45, 7) is 4.83. The normalized spacial score (nSPS) is 17.0. The van der Waals surface area contributed by atoms with Gasteiger partial charge in [0.25, 0.3) is 5.91 Å². The second-order valence-corrected chi connectivity index (χ2v) is 8.73. The largest absolute Gasteiger partial charge is 0.484 e. The van der Waals surface area contributed by atoms with Crippen LogP contribution in [0, 0.1) is 0 Å². The molecule has 6 nitrogen and oxygen atoms in total. The highest BCUT2D eigenvalue weighted by atomic mass is 16.5. The fourth-order valence-electron chi connectivity index (χ4n) is 4.71. The highest BCUT2D eigenvalue weighted by Crippen LogP contribution is 2.24. The van der Waals surface area contributed by atoms with E-state index in [2.05, 4.69) is 47.4 Å². The zero-order valence-corrected chi connectivity index (χ0v) is 18.8. The number of fused-ring (bicyclic) bond motifs is 1. The molecule has 2 aliphatic heterocycles. The van der Waals surface area contributed by atoms with Crippen molar-refractivity contribution >= 4 is 28.3 Å². The Morgan fingerprint density at radius 2 is 1.61 bits per heavy atom. The van der Waals surface area contributed by atoms with Crippen LogP contribution in [-0.4, -0.2) is 60.9 Å². The van der Waals surface area contributed by atoms with Crippen LogP contribution in [0.1, 0.15) is 18.4 Å². The fraction of sp³-hybridized carbons (Fsp3) is 0.333. The molecule has 0 N–H and O–H groups in total. The van der Waals surface area contributed by atoms with Crippen molar-refractivity contribution in [1.82, 2.24) is 9.80 Å². The quantitative estimate of drug-likeness (QED) is 0.583. The van der Waals surface area contributed by atoms with Gasteiger partial charge in [-0.05, 0) is 47.0 Å². The van der Waals surface area contributed by atoms with Crippen molar-refractivity contribution in [3.8, 4) is 5.75 Å². The van der Waals surface area contributed by atoms with Gasteiger partial charge >= 0.3 is 0 Å². The number of piperazine rings is 1. The van der Waals surface area contributed by atoms with Crippen LogP contribution in [0.4, 0.5) is 5.69 Å². The summed E-state index contributed by atoms with van der Waals surface area (Å²) in [5, 5.41) is 2.56. The van der Waals surface area contributed by atoms with Crippen molar-refractivity contribution in [2.24, 2.45) is 0 Å². The van der Waals surface area contributed by atoms with Crippen molar-refractivity contribution in [2.75, 3.05) is 44.2 Å². The highest BCUT2D eigenvalue weighted by molar-refractivity contribution is 5.95. The summed E-state index contributed by atoms with van der Waals surface area (Å²) < 4.78 is 5.73. The van der Waals surface area contributed by atoms with Gasteiger partial charge < -0.3 is 14.5 Å². The van der Waals surface area contributed by atoms with Crippen molar-refractivity contribution in [3.05, 3.63) is 72.3 Å².